The van der Waals surface area contributed by atoms with E-state index in [9.17, 15) is 5.11 Å². The monoisotopic (exact) mass is 211 g/mol. The fourth-order valence-electron chi connectivity index (χ4n) is 1.48. The van der Waals surface area contributed by atoms with Gasteiger partial charge in [-0.3, -0.25) is 0 Å². The highest BCUT2D eigenvalue weighted by molar-refractivity contribution is 5.80. The summed E-state index contributed by atoms with van der Waals surface area (Å²) >= 11 is 0. The van der Waals surface area contributed by atoms with E-state index < -0.39 is 5.97 Å². The molecule has 0 spiro atoms. The number of rotatable bonds is 4. The molecular weight excluding hydrogens is 190 g/mol. The Labute approximate surface area is 91.7 Å². The van der Waals surface area contributed by atoms with Gasteiger partial charge in [0.05, 0.1) is 0 Å². The van der Waals surface area contributed by atoms with Crippen molar-refractivity contribution in [3.05, 3.63) is 11.3 Å². The minimum atomic E-state index is -1.28. The Bertz CT molecular complexity index is 284. The van der Waals surface area contributed by atoms with Gasteiger partial charge in [-0.1, -0.05) is 13.3 Å². The maximum atomic E-state index is 10.0. The Morgan fingerprint density at radius 1 is 1.53 bits per heavy atom. The molecule has 1 heterocycles. The van der Waals surface area contributed by atoms with Gasteiger partial charge >= 0.3 is 0 Å². The van der Waals surface area contributed by atoms with Crippen molar-refractivity contribution in [1.29, 1.82) is 0 Å². The molecule has 15 heavy (non-hydrogen) atoms. The predicted octanol–water partition coefficient (Wildman–Crippen LogP) is 1.29. The van der Waals surface area contributed by atoms with Crippen molar-refractivity contribution >= 4 is 6.21 Å². The van der Waals surface area contributed by atoms with Gasteiger partial charge in [0.2, 0.25) is 0 Å². The van der Waals surface area contributed by atoms with Crippen LogP contribution in [0.5, 0.6) is 0 Å². The molecule has 0 aromatic carbocycles. The van der Waals surface area contributed by atoms with Crippen molar-refractivity contribution in [2.45, 2.75) is 39.1 Å². The largest absolute Gasteiger partial charge is 0.340 e. The summed E-state index contributed by atoms with van der Waals surface area (Å²) in [6.07, 6.45) is 5.12. The summed E-state index contributed by atoms with van der Waals surface area (Å²) in [5.74, 6) is -1.28. The Kier molecular flexibility index (Phi) is 3.88. The summed E-state index contributed by atoms with van der Waals surface area (Å²) in [5, 5.41) is 13.1. The van der Waals surface area contributed by atoms with Crippen LogP contribution in [0, 0.1) is 0 Å². The predicted molar refractivity (Wildman–Crippen MR) is 62.5 cm³/mol. The lowest BCUT2D eigenvalue weighted by atomic mass is 10.1. The zero-order valence-corrected chi connectivity index (χ0v) is 10.0. The minimum absolute atomic E-state index is 1.01. The molecule has 1 aliphatic rings. The summed E-state index contributed by atoms with van der Waals surface area (Å²) in [7, 11) is 3.57. The first-order valence-corrected chi connectivity index (χ1v) is 5.42. The lowest BCUT2D eigenvalue weighted by Crippen LogP contribution is -2.55. The van der Waals surface area contributed by atoms with Gasteiger partial charge in [0.15, 0.2) is 0 Å². The number of nitrogens with zero attached hydrogens (tertiary/aromatic N) is 2. The van der Waals surface area contributed by atoms with Gasteiger partial charge in [-0.25, -0.2) is 9.89 Å². The molecule has 0 saturated heterocycles. The third-order valence-corrected chi connectivity index (χ3v) is 2.66. The summed E-state index contributed by atoms with van der Waals surface area (Å²) in [4.78, 5) is 5.78. The van der Waals surface area contributed by atoms with Crippen molar-refractivity contribution in [3.63, 3.8) is 0 Å². The highest BCUT2D eigenvalue weighted by Gasteiger charge is 2.31. The number of allylic oxidation sites excluding steroid dienone is 2. The van der Waals surface area contributed by atoms with Crippen LogP contribution in [0.2, 0.25) is 0 Å². The SMILES string of the molecule is CCCCC1=C(C)NC(O)(N(C)C)N=C1. The van der Waals surface area contributed by atoms with E-state index >= 15 is 0 Å². The first-order chi connectivity index (χ1) is 6.99. The third kappa shape index (κ3) is 2.79. The molecule has 0 radical (unpaired) electrons. The third-order valence-electron chi connectivity index (χ3n) is 2.66. The minimum Gasteiger partial charge on any atom is -0.340 e. The Balaban J connectivity index is 2.71. The molecule has 0 aliphatic carbocycles. The standard InChI is InChI=1S/C11H21N3O/c1-5-6-7-10-8-12-11(15,14(3)4)13-9(10)2/h8,13,15H,5-7H2,1-4H3. The fraction of sp³-hybridized carbons (Fsp3) is 0.727. The number of unbranched alkanes of at least 4 members (excludes halogenated alkanes) is 1. The molecule has 1 unspecified atom stereocenters. The van der Waals surface area contributed by atoms with Crippen LogP contribution >= 0.6 is 0 Å². The molecule has 1 atom stereocenters. The number of aliphatic hydroxyl groups is 1. The van der Waals surface area contributed by atoms with Crippen LogP contribution in [0.4, 0.5) is 0 Å². The number of hydrogen-bond donors (Lipinski definition) is 2. The molecule has 0 aromatic rings. The van der Waals surface area contributed by atoms with E-state index in [1.54, 1.807) is 25.2 Å². The fourth-order valence-corrected chi connectivity index (χ4v) is 1.48. The van der Waals surface area contributed by atoms with Crippen LogP contribution in [0.15, 0.2) is 16.3 Å². The Morgan fingerprint density at radius 3 is 2.67 bits per heavy atom. The summed E-state index contributed by atoms with van der Waals surface area (Å²) < 4.78 is 0. The van der Waals surface area contributed by atoms with E-state index in [-0.39, 0.29) is 0 Å². The second-order valence-corrected chi connectivity index (χ2v) is 4.17. The second-order valence-electron chi connectivity index (χ2n) is 4.17. The van der Waals surface area contributed by atoms with E-state index in [0.717, 1.165) is 18.5 Å². The van der Waals surface area contributed by atoms with Crippen LogP contribution in [0.25, 0.3) is 0 Å². The molecule has 1 aliphatic heterocycles. The zero-order valence-electron chi connectivity index (χ0n) is 10.0. The highest BCUT2D eigenvalue weighted by atomic mass is 16.3. The van der Waals surface area contributed by atoms with Crippen molar-refractivity contribution in [3.8, 4) is 0 Å². The van der Waals surface area contributed by atoms with Crippen LogP contribution in [0.3, 0.4) is 0 Å². The molecule has 86 valence electrons. The van der Waals surface area contributed by atoms with E-state index in [4.69, 9.17) is 0 Å². The normalized spacial score (nSPS) is 26.0. The molecule has 1 rings (SSSR count). The van der Waals surface area contributed by atoms with Crippen LogP contribution in [0.1, 0.15) is 33.1 Å². The molecule has 4 heteroatoms. The topological polar surface area (TPSA) is 47.9 Å². The lowest BCUT2D eigenvalue weighted by Gasteiger charge is -2.35. The molecule has 4 nitrogen and oxygen atoms in total. The van der Waals surface area contributed by atoms with Crippen molar-refractivity contribution < 1.29 is 5.11 Å². The summed E-state index contributed by atoms with van der Waals surface area (Å²) in [6, 6.07) is 0. The maximum Gasteiger partial charge on any atom is 0.299 e. The molecule has 0 fully saturated rings. The van der Waals surface area contributed by atoms with Crippen molar-refractivity contribution in [2.24, 2.45) is 4.99 Å². The molecule has 2 N–H and O–H groups in total. The van der Waals surface area contributed by atoms with Crippen molar-refractivity contribution in [2.75, 3.05) is 14.1 Å². The van der Waals surface area contributed by atoms with Crippen LogP contribution < -0.4 is 5.32 Å². The molecule has 0 saturated carbocycles. The average Bonchev–Trinajstić information content (AvgIpc) is 2.16. The second kappa shape index (κ2) is 4.77. The summed E-state index contributed by atoms with van der Waals surface area (Å²) in [5.41, 5.74) is 2.19. The first kappa shape index (κ1) is 12.2. The molecular formula is C11H21N3O. The highest BCUT2D eigenvalue weighted by Crippen LogP contribution is 2.18. The van der Waals surface area contributed by atoms with Gasteiger partial charge in [0.1, 0.15) is 0 Å². The number of hydrogen-bond acceptors (Lipinski definition) is 4. The van der Waals surface area contributed by atoms with Gasteiger partial charge in [-0.05, 0) is 39.4 Å². The first-order valence-electron chi connectivity index (χ1n) is 5.42. The zero-order chi connectivity index (χ0) is 11.5. The van der Waals surface area contributed by atoms with Gasteiger partial charge < -0.3 is 10.4 Å². The maximum absolute atomic E-state index is 10.0. The molecule has 0 aromatic heterocycles. The molecule has 0 bridgehead atoms. The smallest absolute Gasteiger partial charge is 0.299 e. The molecule has 0 amide bonds. The van der Waals surface area contributed by atoms with E-state index in [2.05, 4.69) is 17.2 Å². The Hall–Kier alpha value is -0.870. The van der Waals surface area contributed by atoms with E-state index in [1.165, 1.54) is 12.0 Å². The van der Waals surface area contributed by atoms with Gasteiger partial charge in [-0.15, -0.1) is 0 Å². The van der Waals surface area contributed by atoms with Crippen LogP contribution in [-0.4, -0.2) is 36.3 Å². The van der Waals surface area contributed by atoms with Gasteiger partial charge in [0.25, 0.3) is 5.97 Å². The van der Waals surface area contributed by atoms with E-state index in [0.29, 0.717) is 0 Å². The Morgan fingerprint density at radius 2 is 2.20 bits per heavy atom. The van der Waals surface area contributed by atoms with Crippen LogP contribution in [-0.2, 0) is 0 Å². The quantitative estimate of drug-likeness (QED) is 0.689. The average molecular weight is 211 g/mol. The number of nitrogens with one attached hydrogen (secondary N) is 1. The summed E-state index contributed by atoms with van der Waals surface area (Å²) in [6.45, 7) is 4.14. The van der Waals surface area contributed by atoms with Gasteiger partial charge in [-0.2, -0.15) is 0 Å². The van der Waals surface area contributed by atoms with Gasteiger partial charge in [0, 0.05) is 11.9 Å². The van der Waals surface area contributed by atoms with E-state index in [1.807, 2.05) is 6.92 Å². The number of aliphatic imine (C=N–C) groups is 1. The van der Waals surface area contributed by atoms with Crippen molar-refractivity contribution in [1.82, 2.24) is 10.2 Å². The lowest BCUT2D eigenvalue weighted by molar-refractivity contribution is -0.0959.